The molecular weight excluding hydrogens is 336 g/mol. The van der Waals surface area contributed by atoms with Gasteiger partial charge in [0.15, 0.2) is 0 Å². The van der Waals surface area contributed by atoms with Crippen LogP contribution in [0.1, 0.15) is 17.2 Å². The maximum atomic E-state index is 13.1. The van der Waals surface area contributed by atoms with Gasteiger partial charge in [0.25, 0.3) is 0 Å². The molecule has 100 valence electrons. The van der Waals surface area contributed by atoms with E-state index in [1.807, 2.05) is 0 Å². The fourth-order valence-electron chi connectivity index (χ4n) is 1.89. The number of nitrogens with two attached hydrogens (primary N) is 1. The van der Waals surface area contributed by atoms with Crippen LogP contribution in [-0.4, -0.2) is 0 Å². The smallest absolute Gasteiger partial charge is 0.126 e. The first-order chi connectivity index (χ1) is 8.95. The Morgan fingerprint density at radius 1 is 1.11 bits per heavy atom. The van der Waals surface area contributed by atoms with E-state index in [4.69, 9.17) is 17.3 Å². The summed E-state index contributed by atoms with van der Waals surface area (Å²) in [5.41, 5.74) is 7.38. The molecule has 2 rings (SSSR count). The molecule has 5 heteroatoms. The van der Waals surface area contributed by atoms with E-state index in [0.29, 0.717) is 17.0 Å². The van der Waals surface area contributed by atoms with Crippen LogP contribution in [0.5, 0.6) is 0 Å². The van der Waals surface area contributed by atoms with Gasteiger partial charge in [-0.2, -0.15) is 0 Å². The lowest BCUT2D eigenvalue weighted by molar-refractivity contribution is 0.576. The average molecular weight is 347 g/mol. The van der Waals surface area contributed by atoms with Crippen LogP contribution in [0.2, 0.25) is 5.02 Å². The average Bonchev–Trinajstić information content (AvgIpc) is 2.30. The lowest BCUT2D eigenvalue weighted by atomic mass is 9.99. The highest BCUT2D eigenvalue weighted by atomic mass is 79.9. The van der Waals surface area contributed by atoms with Gasteiger partial charge in [-0.05, 0) is 47.9 Å². The Hall–Kier alpha value is -0.970. The molecule has 0 aliphatic heterocycles. The van der Waals surface area contributed by atoms with Crippen LogP contribution in [0.15, 0.2) is 40.9 Å². The molecule has 0 saturated carbocycles. The number of hydrogen-bond donors (Lipinski definition) is 1. The Labute approximate surface area is 123 Å². The van der Waals surface area contributed by atoms with Gasteiger partial charge in [0.1, 0.15) is 11.6 Å². The van der Waals surface area contributed by atoms with Gasteiger partial charge in [-0.25, -0.2) is 8.78 Å². The molecule has 0 spiro atoms. The normalized spacial score (nSPS) is 12.5. The predicted molar refractivity (Wildman–Crippen MR) is 76.1 cm³/mol. The molecule has 0 aliphatic rings. The third kappa shape index (κ3) is 3.75. The molecule has 1 nitrogen and oxygen atoms in total. The standard InChI is InChI=1S/C14H11BrClF2N/c15-13-2-1-9(16)6-12(13)14(19)5-8-3-10(17)7-11(18)4-8/h1-4,6-7,14H,5,19H2. The van der Waals surface area contributed by atoms with Crippen molar-refractivity contribution in [2.24, 2.45) is 5.73 Å². The molecule has 0 saturated heterocycles. The van der Waals surface area contributed by atoms with Crippen LogP contribution in [0, 0.1) is 11.6 Å². The first kappa shape index (κ1) is 14.4. The van der Waals surface area contributed by atoms with Crippen LogP contribution in [0.3, 0.4) is 0 Å². The molecule has 2 aromatic carbocycles. The fourth-order valence-corrected chi connectivity index (χ4v) is 2.61. The largest absolute Gasteiger partial charge is 0.324 e. The van der Waals surface area contributed by atoms with E-state index >= 15 is 0 Å². The minimum atomic E-state index is -0.604. The summed E-state index contributed by atoms with van der Waals surface area (Å²) in [5, 5.41) is 0.569. The Balaban J connectivity index is 2.25. The molecular formula is C14H11BrClF2N. The summed E-state index contributed by atoms with van der Waals surface area (Å²) in [6, 6.07) is 8.28. The predicted octanol–water partition coefficient (Wildman–Crippen LogP) is 4.62. The summed E-state index contributed by atoms with van der Waals surface area (Å²) >= 11 is 9.30. The van der Waals surface area contributed by atoms with Gasteiger partial charge >= 0.3 is 0 Å². The van der Waals surface area contributed by atoms with Crippen molar-refractivity contribution < 1.29 is 8.78 Å². The number of hydrogen-bond acceptors (Lipinski definition) is 1. The zero-order valence-electron chi connectivity index (χ0n) is 9.84. The third-order valence-corrected chi connectivity index (χ3v) is 3.69. The van der Waals surface area contributed by atoms with E-state index in [2.05, 4.69) is 15.9 Å². The van der Waals surface area contributed by atoms with Crippen molar-refractivity contribution in [3.05, 3.63) is 68.7 Å². The van der Waals surface area contributed by atoms with Gasteiger partial charge < -0.3 is 5.73 Å². The number of benzene rings is 2. The highest BCUT2D eigenvalue weighted by molar-refractivity contribution is 9.10. The highest BCUT2D eigenvalue weighted by Gasteiger charge is 2.12. The quantitative estimate of drug-likeness (QED) is 0.862. The minimum Gasteiger partial charge on any atom is -0.324 e. The summed E-state index contributed by atoms with van der Waals surface area (Å²) < 4.78 is 27.0. The van der Waals surface area contributed by atoms with Crippen LogP contribution in [0.4, 0.5) is 8.78 Å². The SMILES string of the molecule is NC(Cc1cc(F)cc(F)c1)c1cc(Cl)ccc1Br. The Bertz CT molecular complexity index is 584. The summed E-state index contributed by atoms with van der Waals surface area (Å²) in [5.74, 6) is -1.21. The number of rotatable bonds is 3. The van der Waals surface area contributed by atoms with Crippen molar-refractivity contribution in [2.75, 3.05) is 0 Å². The lowest BCUT2D eigenvalue weighted by Gasteiger charge is -2.14. The molecule has 1 atom stereocenters. The van der Waals surface area contributed by atoms with Gasteiger partial charge in [-0.3, -0.25) is 0 Å². The zero-order valence-corrected chi connectivity index (χ0v) is 12.2. The molecule has 0 radical (unpaired) electrons. The molecule has 0 aromatic heterocycles. The van der Waals surface area contributed by atoms with Crippen molar-refractivity contribution in [3.8, 4) is 0 Å². The van der Waals surface area contributed by atoms with E-state index in [1.165, 1.54) is 12.1 Å². The van der Waals surface area contributed by atoms with Gasteiger partial charge in [0.05, 0.1) is 0 Å². The van der Waals surface area contributed by atoms with Crippen molar-refractivity contribution in [1.29, 1.82) is 0 Å². The second-order valence-corrected chi connectivity index (χ2v) is 5.54. The third-order valence-electron chi connectivity index (χ3n) is 2.74. The summed E-state index contributed by atoms with van der Waals surface area (Å²) in [6.45, 7) is 0. The zero-order chi connectivity index (χ0) is 14.0. The molecule has 19 heavy (non-hydrogen) atoms. The van der Waals surface area contributed by atoms with E-state index in [1.54, 1.807) is 18.2 Å². The Morgan fingerprint density at radius 2 is 1.74 bits per heavy atom. The highest BCUT2D eigenvalue weighted by Crippen LogP contribution is 2.27. The molecule has 0 aliphatic carbocycles. The van der Waals surface area contributed by atoms with Gasteiger partial charge in [-0.15, -0.1) is 0 Å². The molecule has 2 aromatic rings. The summed E-state index contributed by atoms with van der Waals surface area (Å²) in [4.78, 5) is 0. The van der Waals surface area contributed by atoms with Crippen molar-refractivity contribution >= 4 is 27.5 Å². The van der Waals surface area contributed by atoms with Crippen LogP contribution in [-0.2, 0) is 6.42 Å². The van der Waals surface area contributed by atoms with E-state index < -0.39 is 17.7 Å². The lowest BCUT2D eigenvalue weighted by Crippen LogP contribution is -2.14. The Morgan fingerprint density at radius 3 is 2.37 bits per heavy atom. The number of halogens is 4. The van der Waals surface area contributed by atoms with Crippen molar-refractivity contribution in [2.45, 2.75) is 12.5 Å². The van der Waals surface area contributed by atoms with Gasteiger partial charge in [0, 0.05) is 21.6 Å². The second-order valence-electron chi connectivity index (χ2n) is 4.25. The molecule has 1 unspecified atom stereocenters. The minimum absolute atomic E-state index is 0.327. The second kappa shape index (κ2) is 5.99. The molecule has 0 heterocycles. The maximum absolute atomic E-state index is 13.1. The van der Waals surface area contributed by atoms with Crippen molar-refractivity contribution in [1.82, 2.24) is 0 Å². The molecule has 0 bridgehead atoms. The van der Waals surface area contributed by atoms with E-state index in [-0.39, 0.29) is 0 Å². The first-order valence-corrected chi connectivity index (χ1v) is 6.78. The van der Waals surface area contributed by atoms with Gasteiger partial charge in [-0.1, -0.05) is 27.5 Å². The molecule has 2 N–H and O–H groups in total. The summed E-state index contributed by atoms with van der Waals surface area (Å²) in [7, 11) is 0. The fraction of sp³-hybridized carbons (Fsp3) is 0.143. The first-order valence-electron chi connectivity index (χ1n) is 5.61. The van der Waals surface area contributed by atoms with Gasteiger partial charge in [0.2, 0.25) is 0 Å². The molecule has 0 amide bonds. The monoisotopic (exact) mass is 345 g/mol. The summed E-state index contributed by atoms with van der Waals surface area (Å²) in [6.07, 6.45) is 0.327. The van der Waals surface area contributed by atoms with Crippen LogP contribution < -0.4 is 5.73 Å². The maximum Gasteiger partial charge on any atom is 0.126 e. The Kier molecular flexibility index (Phi) is 4.55. The van der Waals surface area contributed by atoms with E-state index in [9.17, 15) is 8.78 Å². The van der Waals surface area contributed by atoms with Crippen molar-refractivity contribution in [3.63, 3.8) is 0 Å². The van der Waals surface area contributed by atoms with Crippen LogP contribution >= 0.6 is 27.5 Å². The topological polar surface area (TPSA) is 26.0 Å². The van der Waals surface area contributed by atoms with E-state index in [0.717, 1.165) is 16.1 Å². The molecule has 0 fully saturated rings. The van der Waals surface area contributed by atoms with Crippen LogP contribution in [0.25, 0.3) is 0 Å².